The summed E-state index contributed by atoms with van der Waals surface area (Å²) in [5, 5.41) is 2.73. The second-order valence-electron chi connectivity index (χ2n) is 6.38. The molecule has 29 heavy (non-hydrogen) atoms. The van der Waals surface area contributed by atoms with Crippen LogP contribution in [0.4, 0.5) is 5.69 Å². The van der Waals surface area contributed by atoms with Crippen LogP contribution in [0.5, 0.6) is 0 Å². The predicted octanol–water partition coefficient (Wildman–Crippen LogP) is 2.83. The molecule has 7 nitrogen and oxygen atoms in total. The highest BCUT2D eigenvalue weighted by Crippen LogP contribution is 2.26. The summed E-state index contributed by atoms with van der Waals surface area (Å²) in [5.41, 5.74) is 1.42. The van der Waals surface area contributed by atoms with Crippen molar-refractivity contribution >= 4 is 41.1 Å². The lowest BCUT2D eigenvalue weighted by Crippen LogP contribution is -2.47. The maximum Gasteiger partial charge on any atom is 0.337 e. The average molecular weight is 412 g/mol. The number of nitrogens with zero attached hydrogens (tertiary/aromatic N) is 1. The Bertz CT molecular complexity index is 923. The number of hydrogen-bond acceptors (Lipinski definition) is 6. The van der Waals surface area contributed by atoms with Gasteiger partial charge in [0.15, 0.2) is 0 Å². The van der Waals surface area contributed by atoms with Gasteiger partial charge in [0, 0.05) is 5.69 Å². The Kier molecular flexibility index (Phi) is 6.33. The van der Waals surface area contributed by atoms with E-state index in [0.29, 0.717) is 34.6 Å². The number of ether oxygens (including phenoxy) is 1. The van der Waals surface area contributed by atoms with Gasteiger partial charge in [-0.15, -0.1) is 0 Å². The molecule has 0 fully saturated rings. The van der Waals surface area contributed by atoms with Crippen LogP contribution in [0, 0.1) is 0 Å². The normalized spacial score (nSPS) is 13.8. The van der Waals surface area contributed by atoms with Crippen molar-refractivity contribution in [3.8, 4) is 0 Å². The Morgan fingerprint density at radius 2 is 1.62 bits per heavy atom. The van der Waals surface area contributed by atoms with Gasteiger partial charge in [-0.3, -0.25) is 19.3 Å². The van der Waals surface area contributed by atoms with E-state index in [1.165, 1.54) is 31.0 Å². The number of fused-ring (bicyclic) bond motifs is 1. The van der Waals surface area contributed by atoms with E-state index in [0.717, 1.165) is 4.90 Å². The smallest absolute Gasteiger partial charge is 0.337 e. The fourth-order valence-electron chi connectivity index (χ4n) is 3.13. The third-order valence-corrected chi connectivity index (χ3v) is 5.25. The van der Waals surface area contributed by atoms with Crippen LogP contribution in [0.3, 0.4) is 0 Å². The number of carbonyl (C=O) groups excluding carboxylic acids is 4. The van der Waals surface area contributed by atoms with Crippen LogP contribution in [0.1, 0.15) is 37.5 Å². The van der Waals surface area contributed by atoms with Crippen molar-refractivity contribution in [2.45, 2.75) is 12.5 Å². The molecule has 0 spiro atoms. The van der Waals surface area contributed by atoms with Crippen LogP contribution < -0.4 is 5.32 Å². The van der Waals surface area contributed by atoms with Crippen molar-refractivity contribution in [2.75, 3.05) is 24.4 Å². The zero-order valence-corrected chi connectivity index (χ0v) is 16.8. The third-order valence-electron chi connectivity index (χ3n) is 4.61. The highest BCUT2D eigenvalue weighted by molar-refractivity contribution is 7.98. The molecule has 0 aliphatic carbocycles. The molecule has 1 atom stereocenters. The highest BCUT2D eigenvalue weighted by atomic mass is 32.2. The Morgan fingerprint density at radius 1 is 1.03 bits per heavy atom. The number of hydrogen-bond donors (Lipinski definition) is 1. The first-order valence-electron chi connectivity index (χ1n) is 8.93. The zero-order chi connectivity index (χ0) is 21.0. The molecule has 0 aromatic heterocycles. The largest absolute Gasteiger partial charge is 0.465 e. The summed E-state index contributed by atoms with van der Waals surface area (Å²) in [7, 11) is 1.29. The summed E-state index contributed by atoms with van der Waals surface area (Å²) in [6, 6.07) is 11.8. The topological polar surface area (TPSA) is 92.8 Å². The zero-order valence-electron chi connectivity index (χ0n) is 16.0. The number of esters is 1. The fourth-order valence-corrected chi connectivity index (χ4v) is 3.59. The molecule has 0 radical (unpaired) electrons. The SMILES string of the molecule is COC(=O)c1ccc(NC(=O)C(CCSC)N2C(=O)c3ccccc3C2=O)cc1. The number of amides is 3. The first-order valence-corrected chi connectivity index (χ1v) is 10.3. The average Bonchev–Trinajstić information content (AvgIpc) is 2.99. The summed E-state index contributed by atoms with van der Waals surface area (Å²) >= 11 is 1.53. The number of anilines is 1. The standard InChI is InChI=1S/C21H20N2O5S/c1-28-21(27)13-7-9-14(10-8-13)22-18(24)17(11-12-29-2)23-19(25)15-5-3-4-6-16(15)20(23)26/h3-10,17H,11-12H2,1-2H3,(H,22,24). The van der Waals surface area contributed by atoms with Crippen molar-refractivity contribution < 1.29 is 23.9 Å². The van der Waals surface area contributed by atoms with E-state index in [2.05, 4.69) is 10.1 Å². The molecule has 3 amide bonds. The lowest BCUT2D eigenvalue weighted by Gasteiger charge is -2.25. The number of carbonyl (C=O) groups is 4. The van der Waals surface area contributed by atoms with Gasteiger partial charge >= 0.3 is 5.97 Å². The van der Waals surface area contributed by atoms with E-state index in [1.54, 1.807) is 36.4 Å². The Morgan fingerprint density at radius 3 is 2.14 bits per heavy atom. The van der Waals surface area contributed by atoms with Crippen molar-refractivity contribution in [3.63, 3.8) is 0 Å². The summed E-state index contributed by atoms with van der Waals surface area (Å²) in [4.78, 5) is 51.1. The molecule has 2 aromatic carbocycles. The Labute approximate surface area is 172 Å². The van der Waals surface area contributed by atoms with Crippen LogP contribution in [0.2, 0.25) is 0 Å². The van der Waals surface area contributed by atoms with Gasteiger partial charge in [-0.1, -0.05) is 12.1 Å². The van der Waals surface area contributed by atoms with Gasteiger partial charge in [0.1, 0.15) is 6.04 Å². The van der Waals surface area contributed by atoms with Gasteiger partial charge in [-0.2, -0.15) is 11.8 Å². The van der Waals surface area contributed by atoms with E-state index < -0.39 is 29.7 Å². The van der Waals surface area contributed by atoms with Crippen LogP contribution in [-0.2, 0) is 9.53 Å². The molecule has 1 N–H and O–H groups in total. The van der Waals surface area contributed by atoms with Gasteiger partial charge < -0.3 is 10.1 Å². The number of imide groups is 1. The maximum atomic E-state index is 13.0. The molecule has 3 rings (SSSR count). The van der Waals surface area contributed by atoms with Crippen molar-refractivity contribution in [3.05, 3.63) is 65.2 Å². The van der Waals surface area contributed by atoms with Gasteiger partial charge in [-0.05, 0) is 54.8 Å². The molecule has 0 saturated heterocycles. The monoisotopic (exact) mass is 412 g/mol. The van der Waals surface area contributed by atoms with Crippen molar-refractivity contribution in [2.24, 2.45) is 0 Å². The van der Waals surface area contributed by atoms with Crippen molar-refractivity contribution in [1.82, 2.24) is 4.90 Å². The van der Waals surface area contributed by atoms with Gasteiger partial charge in [-0.25, -0.2) is 4.79 Å². The highest BCUT2D eigenvalue weighted by Gasteiger charge is 2.42. The van der Waals surface area contributed by atoms with Crippen LogP contribution in [-0.4, -0.2) is 53.8 Å². The summed E-state index contributed by atoms with van der Waals surface area (Å²) in [6.45, 7) is 0. The molecular weight excluding hydrogens is 392 g/mol. The summed E-state index contributed by atoms with van der Waals surface area (Å²) in [5.74, 6) is -1.26. The number of rotatable bonds is 7. The maximum absolute atomic E-state index is 13.0. The molecule has 0 bridgehead atoms. The Hall–Kier alpha value is -3.13. The minimum absolute atomic E-state index is 0.307. The van der Waals surface area contributed by atoms with Gasteiger partial charge in [0.05, 0.1) is 23.8 Å². The van der Waals surface area contributed by atoms with E-state index in [-0.39, 0.29) is 0 Å². The summed E-state index contributed by atoms with van der Waals surface area (Å²) in [6.07, 6.45) is 2.22. The predicted molar refractivity (Wildman–Crippen MR) is 110 cm³/mol. The van der Waals surface area contributed by atoms with Crippen LogP contribution >= 0.6 is 11.8 Å². The van der Waals surface area contributed by atoms with E-state index in [1.807, 2.05) is 6.26 Å². The molecule has 8 heteroatoms. The van der Waals surface area contributed by atoms with Gasteiger partial charge in [0.25, 0.3) is 11.8 Å². The number of thioether (sulfide) groups is 1. The van der Waals surface area contributed by atoms with Gasteiger partial charge in [0.2, 0.25) is 5.91 Å². The molecule has 150 valence electrons. The number of benzene rings is 2. The first kappa shape index (κ1) is 20.6. The van der Waals surface area contributed by atoms with Crippen LogP contribution in [0.15, 0.2) is 48.5 Å². The van der Waals surface area contributed by atoms with Crippen molar-refractivity contribution in [1.29, 1.82) is 0 Å². The molecule has 1 aliphatic rings. The fraction of sp³-hybridized carbons (Fsp3) is 0.238. The molecule has 1 unspecified atom stereocenters. The third kappa shape index (κ3) is 4.17. The molecule has 0 saturated carbocycles. The first-order chi connectivity index (χ1) is 14.0. The van der Waals surface area contributed by atoms with Crippen LogP contribution in [0.25, 0.3) is 0 Å². The second-order valence-corrected chi connectivity index (χ2v) is 7.37. The molecule has 2 aromatic rings. The Balaban J connectivity index is 1.82. The number of methoxy groups -OCH3 is 1. The quantitative estimate of drug-likeness (QED) is 0.555. The lowest BCUT2D eigenvalue weighted by atomic mass is 10.1. The summed E-state index contributed by atoms with van der Waals surface area (Å²) < 4.78 is 4.65. The minimum Gasteiger partial charge on any atom is -0.465 e. The molecule has 1 aliphatic heterocycles. The molecule has 1 heterocycles. The minimum atomic E-state index is -0.935. The van der Waals surface area contributed by atoms with E-state index in [4.69, 9.17) is 0 Å². The molecular formula is C21H20N2O5S. The van der Waals surface area contributed by atoms with E-state index in [9.17, 15) is 19.2 Å². The van der Waals surface area contributed by atoms with E-state index >= 15 is 0 Å². The lowest BCUT2D eigenvalue weighted by molar-refractivity contribution is -0.120. The second kappa shape index (κ2) is 8.91. The number of nitrogens with one attached hydrogen (secondary N) is 1.